The van der Waals surface area contributed by atoms with E-state index in [4.69, 9.17) is 5.73 Å². The number of carbonyl (C=O) groups is 1. The van der Waals surface area contributed by atoms with E-state index in [9.17, 15) is 9.18 Å². The summed E-state index contributed by atoms with van der Waals surface area (Å²) in [7, 11) is 0. The standard InChI is InChI=1S/C19H24FN5O/c1-13(2)16-11-24(18-9-17(21)22-12-23-18)8-7-19(26)25(16)10-14-3-5-15(20)6-4-14/h3-6,9,12-13,16H,7-8,10-11H2,1-2H3,(H2,21,22,23)/t16-/m1/s1. The number of halogens is 1. The third-order valence-corrected chi connectivity index (χ3v) is 4.76. The van der Waals surface area contributed by atoms with E-state index in [2.05, 4.69) is 28.7 Å². The van der Waals surface area contributed by atoms with Gasteiger partial charge in [-0.25, -0.2) is 14.4 Å². The number of rotatable bonds is 4. The highest BCUT2D eigenvalue weighted by atomic mass is 19.1. The molecule has 1 saturated heterocycles. The summed E-state index contributed by atoms with van der Waals surface area (Å²) >= 11 is 0. The number of benzene rings is 1. The van der Waals surface area contributed by atoms with Crippen LogP contribution in [-0.2, 0) is 11.3 Å². The van der Waals surface area contributed by atoms with E-state index >= 15 is 0 Å². The highest BCUT2D eigenvalue weighted by Gasteiger charge is 2.32. The van der Waals surface area contributed by atoms with Crippen LogP contribution < -0.4 is 10.6 Å². The molecular weight excluding hydrogens is 333 g/mol. The maximum Gasteiger partial charge on any atom is 0.224 e. The van der Waals surface area contributed by atoms with Gasteiger partial charge in [0.25, 0.3) is 0 Å². The Morgan fingerprint density at radius 2 is 2.00 bits per heavy atom. The summed E-state index contributed by atoms with van der Waals surface area (Å²) in [6, 6.07) is 8.07. The van der Waals surface area contributed by atoms with Crippen LogP contribution in [0.4, 0.5) is 16.0 Å². The van der Waals surface area contributed by atoms with Gasteiger partial charge in [0, 0.05) is 32.1 Å². The van der Waals surface area contributed by atoms with E-state index in [1.165, 1.54) is 18.5 Å². The molecule has 0 radical (unpaired) electrons. The molecule has 2 heterocycles. The van der Waals surface area contributed by atoms with E-state index in [1.54, 1.807) is 18.2 Å². The molecule has 0 bridgehead atoms. The third-order valence-electron chi connectivity index (χ3n) is 4.76. The molecule has 2 N–H and O–H groups in total. The Kier molecular flexibility index (Phi) is 5.35. The van der Waals surface area contributed by atoms with Crippen LogP contribution >= 0.6 is 0 Å². The third kappa shape index (κ3) is 4.09. The summed E-state index contributed by atoms with van der Waals surface area (Å²) in [6.45, 7) is 5.93. The van der Waals surface area contributed by atoms with Crippen molar-refractivity contribution in [2.75, 3.05) is 23.7 Å². The van der Waals surface area contributed by atoms with Crippen LogP contribution in [0.15, 0.2) is 36.7 Å². The van der Waals surface area contributed by atoms with Gasteiger partial charge in [0.15, 0.2) is 0 Å². The Morgan fingerprint density at radius 1 is 1.27 bits per heavy atom. The fourth-order valence-corrected chi connectivity index (χ4v) is 3.28. The molecule has 2 aromatic rings. The largest absolute Gasteiger partial charge is 0.384 e. The van der Waals surface area contributed by atoms with Crippen molar-refractivity contribution >= 4 is 17.5 Å². The molecule has 0 saturated carbocycles. The molecular formula is C19H24FN5O. The van der Waals surface area contributed by atoms with E-state index in [1.807, 2.05) is 4.90 Å². The van der Waals surface area contributed by atoms with Crippen molar-refractivity contribution in [2.24, 2.45) is 5.92 Å². The first-order valence-corrected chi connectivity index (χ1v) is 8.80. The van der Waals surface area contributed by atoms with Gasteiger partial charge in [0.1, 0.15) is 23.8 Å². The zero-order valence-electron chi connectivity index (χ0n) is 15.1. The molecule has 6 nitrogen and oxygen atoms in total. The summed E-state index contributed by atoms with van der Waals surface area (Å²) in [6.07, 6.45) is 1.84. The molecule has 1 atom stereocenters. The van der Waals surface area contributed by atoms with Gasteiger partial charge in [-0.1, -0.05) is 26.0 Å². The van der Waals surface area contributed by atoms with Crippen molar-refractivity contribution in [3.05, 3.63) is 48.0 Å². The predicted molar refractivity (Wildman–Crippen MR) is 98.9 cm³/mol. The average molecular weight is 357 g/mol. The number of hydrogen-bond acceptors (Lipinski definition) is 5. The molecule has 1 fully saturated rings. The van der Waals surface area contributed by atoms with E-state index in [0.29, 0.717) is 31.9 Å². The van der Waals surface area contributed by atoms with E-state index in [-0.39, 0.29) is 23.7 Å². The lowest BCUT2D eigenvalue weighted by Crippen LogP contribution is -2.46. The Labute approximate surface area is 152 Å². The SMILES string of the molecule is CC(C)[C@H]1CN(c2cc(N)ncn2)CCC(=O)N1Cc1ccc(F)cc1. The summed E-state index contributed by atoms with van der Waals surface area (Å²) in [4.78, 5) is 25.0. The van der Waals surface area contributed by atoms with E-state index < -0.39 is 0 Å². The lowest BCUT2D eigenvalue weighted by Gasteiger charge is -2.35. The fourth-order valence-electron chi connectivity index (χ4n) is 3.28. The zero-order chi connectivity index (χ0) is 18.7. The highest BCUT2D eigenvalue weighted by Crippen LogP contribution is 2.24. The molecule has 1 amide bonds. The van der Waals surface area contributed by atoms with Gasteiger partial charge in [0.05, 0.1) is 6.04 Å². The highest BCUT2D eigenvalue weighted by molar-refractivity contribution is 5.78. The summed E-state index contributed by atoms with van der Waals surface area (Å²) < 4.78 is 13.2. The number of amides is 1. The molecule has 3 rings (SSSR count). The quantitative estimate of drug-likeness (QED) is 0.910. The van der Waals surface area contributed by atoms with Gasteiger partial charge >= 0.3 is 0 Å². The average Bonchev–Trinajstić information content (AvgIpc) is 2.77. The van der Waals surface area contributed by atoms with Gasteiger partial charge in [-0.05, 0) is 23.6 Å². The second-order valence-electron chi connectivity index (χ2n) is 6.96. The minimum Gasteiger partial charge on any atom is -0.384 e. The predicted octanol–water partition coefficient (Wildman–Crippen LogP) is 2.46. The number of aromatic nitrogens is 2. The number of nitrogen functional groups attached to an aromatic ring is 1. The minimum atomic E-state index is -0.274. The Balaban J connectivity index is 1.85. The number of anilines is 2. The molecule has 0 aliphatic carbocycles. The molecule has 26 heavy (non-hydrogen) atoms. The smallest absolute Gasteiger partial charge is 0.224 e. The Morgan fingerprint density at radius 3 is 2.65 bits per heavy atom. The van der Waals surface area contributed by atoms with Crippen molar-refractivity contribution in [2.45, 2.75) is 32.9 Å². The number of nitrogens with two attached hydrogens (primary N) is 1. The number of nitrogens with zero attached hydrogens (tertiary/aromatic N) is 4. The Bertz CT molecular complexity index is 765. The van der Waals surface area contributed by atoms with Gasteiger partial charge in [-0.2, -0.15) is 0 Å². The van der Waals surface area contributed by atoms with Crippen LogP contribution in [0.1, 0.15) is 25.8 Å². The summed E-state index contributed by atoms with van der Waals surface area (Å²) in [5, 5.41) is 0. The molecule has 1 aromatic heterocycles. The molecule has 138 valence electrons. The second-order valence-corrected chi connectivity index (χ2v) is 6.96. The molecule has 7 heteroatoms. The van der Waals surface area contributed by atoms with Crippen molar-refractivity contribution in [3.63, 3.8) is 0 Å². The number of carbonyl (C=O) groups excluding carboxylic acids is 1. The lowest BCUT2D eigenvalue weighted by atomic mass is 10.0. The van der Waals surface area contributed by atoms with Crippen LogP contribution in [0.5, 0.6) is 0 Å². The monoisotopic (exact) mass is 357 g/mol. The van der Waals surface area contributed by atoms with Crippen LogP contribution in [0.25, 0.3) is 0 Å². The van der Waals surface area contributed by atoms with Crippen molar-refractivity contribution in [1.82, 2.24) is 14.9 Å². The molecule has 1 aromatic carbocycles. The van der Waals surface area contributed by atoms with Crippen molar-refractivity contribution < 1.29 is 9.18 Å². The molecule has 0 unspecified atom stereocenters. The number of hydrogen-bond donors (Lipinski definition) is 1. The van der Waals surface area contributed by atoms with Crippen LogP contribution in [0.2, 0.25) is 0 Å². The van der Waals surface area contributed by atoms with Crippen LogP contribution in [0, 0.1) is 11.7 Å². The molecule has 1 aliphatic heterocycles. The summed E-state index contributed by atoms with van der Waals surface area (Å²) in [5.74, 6) is 1.23. The first-order chi connectivity index (χ1) is 12.4. The van der Waals surface area contributed by atoms with Crippen LogP contribution in [0.3, 0.4) is 0 Å². The topological polar surface area (TPSA) is 75.3 Å². The second kappa shape index (κ2) is 7.68. The van der Waals surface area contributed by atoms with Crippen LogP contribution in [-0.4, -0.2) is 39.9 Å². The lowest BCUT2D eigenvalue weighted by molar-refractivity contribution is -0.134. The first-order valence-electron chi connectivity index (χ1n) is 8.80. The normalized spacial score (nSPS) is 18.3. The van der Waals surface area contributed by atoms with Crippen molar-refractivity contribution in [1.29, 1.82) is 0 Å². The summed E-state index contributed by atoms with van der Waals surface area (Å²) in [5.41, 5.74) is 6.70. The zero-order valence-corrected chi connectivity index (χ0v) is 15.1. The van der Waals surface area contributed by atoms with E-state index in [0.717, 1.165) is 11.4 Å². The molecule has 0 spiro atoms. The minimum absolute atomic E-state index is 0.0197. The maximum atomic E-state index is 13.2. The van der Waals surface area contributed by atoms with Crippen molar-refractivity contribution in [3.8, 4) is 0 Å². The molecule has 1 aliphatic rings. The van der Waals surface area contributed by atoms with Gasteiger partial charge in [-0.3, -0.25) is 4.79 Å². The Hall–Kier alpha value is -2.70. The van der Waals surface area contributed by atoms with Gasteiger partial charge < -0.3 is 15.5 Å². The maximum absolute atomic E-state index is 13.2. The van der Waals surface area contributed by atoms with Gasteiger partial charge in [0.2, 0.25) is 5.91 Å². The fraction of sp³-hybridized carbons (Fsp3) is 0.421. The van der Waals surface area contributed by atoms with Gasteiger partial charge in [-0.15, -0.1) is 0 Å². The first kappa shape index (κ1) is 18.1.